The van der Waals surface area contributed by atoms with Crippen molar-refractivity contribution in [1.82, 2.24) is 10.2 Å². The van der Waals surface area contributed by atoms with Crippen molar-refractivity contribution < 1.29 is 9.59 Å². The van der Waals surface area contributed by atoms with Crippen LogP contribution in [-0.2, 0) is 4.79 Å². The molecule has 1 saturated carbocycles. The van der Waals surface area contributed by atoms with Gasteiger partial charge in [-0.2, -0.15) is 0 Å². The second-order valence-electron chi connectivity index (χ2n) is 7.31. The number of benzene rings is 2. The Kier molecular flexibility index (Phi) is 7.29. The van der Waals surface area contributed by atoms with Gasteiger partial charge in [-0.3, -0.25) is 14.5 Å². The first-order chi connectivity index (χ1) is 14.0. The summed E-state index contributed by atoms with van der Waals surface area (Å²) < 4.78 is 0. The lowest BCUT2D eigenvalue weighted by Gasteiger charge is -2.31. The molecule has 0 aliphatic heterocycles. The number of hydrogen-bond acceptors (Lipinski definition) is 3. The summed E-state index contributed by atoms with van der Waals surface area (Å²) in [6.45, 7) is 6.35. The molecule has 6 heteroatoms. The Morgan fingerprint density at radius 3 is 2.48 bits per heavy atom. The van der Waals surface area contributed by atoms with Crippen LogP contribution in [0.25, 0.3) is 0 Å². The number of hydrogen-bond donors (Lipinski definition) is 2. The van der Waals surface area contributed by atoms with Gasteiger partial charge in [-0.05, 0) is 55.8 Å². The van der Waals surface area contributed by atoms with Gasteiger partial charge in [0.25, 0.3) is 5.91 Å². The van der Waals surface area contributed by atoms with Gasteiger partial charge < -0.3 is 10.6 Å². The maximum atomic E-state index is 12.8. The normalized spacial score (nSPS) is 14.5. The molecule has 0 radical (unpaired) electrons. The number of carbonyl (C=O) groups is 2. The lowest BCUT2D eigenvalue weighted by molar-refractivity contribution is -0.117. The van der Waals surface area contributed by atoms with Crippen LogP contribution in [0.3, 0.4) is 0 Å². The third kappa shape index (κ3) is 5.58. The molecule has 2 aromatic rings. The molecule has 0 saturated heterocycles. The Balaban J connectivity index is 1.69. The first-order valence-corrected chi connectivity index (χ1v) is 10.6. The summed E-state index contributed by atoms with van der Waals surface area (Å²) in [7, 11) is 0. The number of rotatable bonds is 9. The molecular formula is C23H28ClN3O2. The zero-order chi connectivity index (χ0) is 20.8. The second-order valence-corrected chi connectivity index (χ2v) is 7.72. The van der Waals surface area contributed by atoms with E-state index < -0.39 is 0 Å². The van der Waals surface area contributed by atoms with Gasteiger partial charge >= 0.3 is 0 Å². The Labute approximate surface area is 177 Å². The number of nitrogens with one attached hydrogen (secondary N) is 2. The minimum atomic E-state index is -0.170. The second kappa shape index (κ2) is 9.90. The van der Waals surface area contributed by atoms with E-state index in [-0.39, 0.29) is 23.8 Å². The first kappa shape index (κ1) is 21.3. The van der Waals surface area contributed by atoms with Crippen molar-refractivity contribution in [3.8, 4) is 0 Å². The summed E-state index contributed by atoms with van der Waals surface area (Å²) in [5.41, 5.74) is 2.18. The van der Waals surface area contributed by atoms with Crippen LogP contribution in [-0.4, -0.2) is 36.3 Å². The van der Waals surface area contributed by atoms with Crippen LogP contribution >= 0.6 is 11.6 Å². The largest absolute Gasteiger partial charge is 0.350 e. The van der Waals surface area contributed by atoms with Crippen LogP contribution in [0.15, 0.2) is 48.5 Å². The van der Waals surface area contributed by atoms with Crippen molar-refractivity contribution in [2.45, 2.75) is 32.7 Å². The van der Waals surface area contributed by atoms with E-state index in [1.807, 2.05) is 24.3 Å². The van der Waals surface area contributed by atoms with Gasteiger partial charge in [0, 0.05) is 28.7 Å². The summed E-state index contributed by atoms with van der Waals surface area (Å²) >= 11 is 6.43. The number of likely N-dealkylation sites (N-methyl/N-ethyl adjacent to an activating group) is 1. The summed E-state index contributed by atoms with van der Waals surface area (Å²) in [5, 5.41) is 6.62. The highest BCUT2D eigenvalue weighted by atomic mass is 35.5. The van der Waals surface area contributed by atoms with Gasteiger partial charge in [0.05, 0.1) is 6.04 Å². The van der Waals surface area contributed by atoms with E-state index in [2.05, 4.69) is 29.4 Å². The molecule has 2 aromatic carbocycles. The highest BCUT2D eigenvalue weighted by Crippen LogP contribution is 2.30. The number of amides is 2. The van der Waals surface area contributed by atoms with E-state index in [0.717, 1.165) is 31.5 Å². The van der Waals surface area contributed by atoms with Gasteiger partial charge in [-0.25, -0.2) is 0 Å². The molecule has 0 heterocycles. The van der Waals surface area contributed by atoms with Crippen LogP contribution in [0, 0.1) is 5.92 Å². The number of halogens is 1. The Hall–Kier alpha value is -2.37. The monoisotopic (exact) mass is 413 g/mol. The van der Waals surface area contributed by atoms with E-state index in [4.69, 9.17) is 11.6 Å². The summed E-state index contributed by atoms with van der Waals surface area (Å²) in [6.07, 6.45) is 1.89. The summed E-state index contributed by atoms with van der Waals surface area (Å²) in [6, 6.07) is 14.8. The highest BCUT2D eigenvalue weighted by molar-refractivity contribution is 6.31. The maximum absolute atomic E-state index is 12.8. The van der Waals surface area contributed by atoms with E-state index in [1.54, 1.807) is 24.3 Å². The summed E-state index contributed by atoms with van der Waals surface area (Å²) in [5.74, 6) is -0.0162. The predicted octanol–water partition coefficient (Wildman–Crippen LogP) is 4.50. The molecule has 5 nitrogen and oxygen atoms in total. The molecule has 1 atom stereocenters. The van der Waals surface area contributed by atoms with E-state index in [0.29, 0.717) is 22.8 Å². The molecule has 29 heavy (non-hydrogen) atoms. The number of anilines is 1. The minimum absolute atomic E-state index is 0.0135. The zero-order valence-electron chi connectivity index (χ0n) is 17.0. The highest BCUT2D eigenvalue weighted by Gasteiger charge is 2.29. The molecule has 1 fully saturated rings. The van der Waals surface area contributed by atoms with Gasteiger partial charge in [-0.15, -0.1) is 0 Å². The zero-order valence-corrected chi connectivity index (χ0v) is 17.7. The quantitative estimate of drug-likeness (QED) is 0.636. The van der Waals surface area contributed by atoms with E-state index in [1.165, 1.54) is 0 Å². The van der Waals surface area contributed by atoms with Crippen LogP contribution in [0.5, 0.6) is 0 Å². The van der Waals surface area contributed by atoms with Gasteiger partial charge in [-0.1, -0.05) is 49.7 Å². The van der Waals surface area contributed by atoms with Gasteiger partial charge in [0.1, 0.15) is 0 Å². The van der Waals surface area contributed by atoms with Crippen LogP contribution in [0.4, 0.5) is 5.69 Å². The average molecular weight is 414 g/mol. The van der Waals surface area contributed by atoms with Gasteiger partial charge in [0.15, 0.2) is 0 Å². The number of carbonyl (C=O) groups excluding carboxylic acids is 2. The third-order valence-corrected chi connectivity index (χ3v) is 5.66. The molecular weight excluding hydrogens is 386 g/mol. The van der Waals surface area contributed by atoms with Crippen LogP contribution < -0.4 is 10.6 Å². The minimum Gasteiger partial charge on any atom is -0.350 e. The van der Waals surface area contributed by atoms with Crippen LogP contribution in [0.1, 0.15) is 48.7 Å². The predicted molar refractivity (Wildman–Crippen MR) is 117 cm³/mol. The fraction of sp³-hybridized carbons (Fsp3) is 0.391. The van der Waals surface area contributed by atoms with E-state index in [9.17, 15) is 9.59 Å². The Morgan fingerprint density at radius 1 is 1.10 bits per heavy atom. The molecule has 0 bridgehead atoms. The Morgan fingerprint density at radius 2 is 1.83 bits per heavy atom. The average Bonchev–Trinajstić information content (AvgIpc) is 3.57. The molecule has 1 aliphatic carbocycles. The maximum Gasteiger partial charge on any atom is 0.251 e. The van der Waals surface area contributed by atoms with Crippen molar-refractivity contribution in [2.75, 3.05) is 25.0 Å². The topological polar surface area (TPSA) is 61.4 Å². The van der Waals surface area contributed by atoms with Crippen molar-refractivity contribution >= 4 is 29.1 Å². The summed E-state index contributed by atoms with van der Waals surface area (Å²) in [4.78, 5) is 27.0. The SMILES string of the molecule is CCN(CC)C(CNC(=O)c1cccc(NC(=O)C2CC2)c1)c1ccccc1Cl. The molecule has 1 unspecified atom stereocenters. The van der Waals surface area contributed by atoms with Gasteiger partial charge in [0.2, 0.25) is 5.91 Å². The molecule has 2 amide bonds. The van der Waals surface area contributed by atoms with Crippen molar-refractivity contribution in [3.05, 3.63) is 64.7 Å². The molecule has 0 spiro atoms. The molecule has 2 N–H and O–H groups in total. The molecule has 1 aliphatic rings. The fourth-order valence-electron chi connectivity index (χ4n) is 3.46. The third-order valence-electron chi connectivity index (χ3n) is 5.31. The lowest BCUT2D eigenvalue weighted by atomic mass is 10.0. The van der Waals surface area contributed by atoms with Crippen molar-refractivity contribution in [1.29, 1.82) is 0 Å². The molecule has 0 aromatic heterocycles. The fourth-order valence-corrected chi connectivity index (χ4v) is 3.73. The lowest BCUT2D eigenvalue weighted by Crippen LogP contribution is -2.38. The van der Waals surface area contributed by atoms with E-state index >= 15 is 0 Å². The smallest absolute Gasteiger partial charge is 0.251 e. The molecule has 154 valence electrons. The van der Waals surface area contributed by atoms with Crippen molar-refractivity contribution in [2.24, 2.45) is 5.92 Å². The van der Waals surface area contributed by atoms with Crippen LogP contribution in [0.2, 0.25) is 5.02 Å². The first-order valence-electron chi connectivity index (χ1n) is 10.2. The number of nitrogens with zero attached hydrogens (tertiary/aromatic N) is 1. The van der Waals surface area contributed by atoms with Crippen molar-refractivity contribution in [3.63, 3.8) is 0 Å². The Bertz CT molecular complexity index is 863. The standard InChI is InChI=1S/C23H28ClN3O2/c1-3-27(4-2)21(19-10-5-6-11-20(19)24)15-25-22(28)17-8-7-9-18(14-17)26-23(29)16-12-13-16/h5-11,14,16,21H,3-4,12-13,15H2,1-2H3,(H,25,28)(H,26,29). The molecule has 3 rings (SSSR count).